The van der Waals surface area contributed by atoms with Gasteiger partial charge in [0.25, 0.3) is 11.8 Å². The molecule has 12 nitrogen and oxygen atoms in total. The Balaban J connectivity index is 1.11. The molecular formula is C26H28N9O3+. The van der Waals surface area contributed by atoms with Crippen molar-refractivity contribution in [3.63, 3.8) is 0 Å². The predicted molar refractivity (Wildman–Crippen MR) is 135 cm³/mol. The van der Waals surface area contributed by atoms with Crippen LogP contribution in [0.2, 0.25) is 0 Å². The molecule has 2 aromatic heterocycles. The minimum absolute atomic E-state index is 0.00778. The number of benzene rings is 2. The molecule has 0 radical (unpaired) electrons. The maximum absolute atomic E-state index is 13.3. The van der Waals surface area contributed by atoms with Crippen molar-refractivity contribution in [2.24, 2.45) is 0 Å². The van der Waals surface area contributed by atoms with Crippen LogP contribution < -0.4 is 19.6 Å². The highest BCUT2D eigenvalue weighted by molar-refractivity contribution is 6.02. The number of nitrogens with one attached hydrogen (secondary N) is 3. The van der Waals surface area contributed by atoms with Gasteiger partial charge in [-0.25, -0.2) is 4.98 Å². The molecule has 4 heterocycles. The zero-order chi connectivity index (χ0) is 26.1. The summed E-state index contributed by atoms with van der Waals surface area (Å²) in [4.78, 5) is 38.7. The summed E-state index contributed by atoms with van der Waals surface area (Å²) in [6.45, 7) is 3.22. The second-order valence-corrected chi connectivity index (χ2v) is 9.47. The fraction of sp³-hybridized carbons (Fsp3) is 0.308. The van der Waals surface area contributed by atoms with E-state index in [1.54, 1.807) is 13.4 Å². The SMILES string of the molecule is CN1C(=O)C(NC(=O)c2n[nH]c(Cc3ccccc3)n2)COc2ccc(CN3CC[n+]4[nH]cnc4C3)cc21. The lowest BCUT2D eigenvalue weighted by atomic mass is 10.1. The highest BCUT2D eigenvalue weighted by Crippen LogP contribution is 2.32. The molecule has 2 aliphatic rings. The Kier molecular flexibility index (Phi) is 6.30. The van der Waals surface area contributed by atoms with E-state index >= 15 is 0 Å². The van der Waals surface area contributed by atoms with Gasteiger partial charge in [-0.3, -0.25) is 19.6 Å². The Hall–Kier alpha value is -4.58. The molecule has 12 heteroatoms. The van der Waals surface area contributed by atoms with Crippen molar-refractivity contribution < 1.29 is 19.0 Å². The Labute approximate surface area is 218 Å². The first-order valence-corrected chi connectivity index (χ1v) is 12.5. The number of carbonyl (C=O) groups excluding carboxylic acids is 2. The molecule has 2 amide bonds. The average molecular weight is 515 g/mol. The predicted octanol–water partition coefficient (Wildman–Crippen LogP) is 0.576. The molecule has 0 fully saturated rings. The number of hydrogen-bond donors (Lipinski definition) is 3. The summed E-state index contributed by atoms with van der Waals surface area (Å²) in [5.74, 6) is 1.33. The summed E-state index contributed by atoms with van der Waals surface area (Å²) in [6, 6.07) is 14.7. The maximum Gasteiger partial charge on any atom is 0.332 e. The number of H-pyrrole nitrogens is 2. The summed E-state index contributed by atoms with van der Waals surface area (Å²) < 4.78 is 7.99. The lowest BCUT2D eigenvalue weighted by Gasteiger charge is -2.24. The summed E-state index contributed by atoms with van der Waals surface area (Å²) >= 11 is 0. The lowest BCUT2D eigenvalue weighted by Crippen LogP contribution is -2.50. The molecule has 1 atom stereocenters. The van der Waals surface area contributed by atoms with Gasteiger partial charge in [-0.15, -0.1) is 5.10 Å². The van der Waals surface area contributed by atoms with Crippen LogP contribution >= 0.6 is 0 Å². The van der Waals surface area contributed by atoms with Crippen molar-refractivity contribution >= 4 is 17.5 Å². The van der Waals surface area contributed by atoms with Crippen LogP contribution in [0.25, 0.3) is 0 Å². The van der Waals surface area contributed by atoms with Gasteiger partial charge < -0.3 is 15.0 Å². The standard InChI is InChI=1S/C26H27N9O3/c1-33-20-11-18(13-34-9-10-35-23(14-34)27-16-28-35)7-8-21(20)38-15-19(26(33)37)29-25(36)24-30-22(31-32-24)12-17-5-3-2-4-6-17/h2-8,11,16,19H,9-10,12-15H2,1H3,(H2,29,30,31,32,36)/p+1. The van der Waals surface area contributed by atoms with Gasteiger partial charge in [0, 0.05) is 26.6 Å². The minimum Gasteiger partial charge on any atom is -0.489 e. The average Bonchev–Trinajstić information content (AvgIpc) is 3.58. The number of nitrogens with zero attached hydrogens (tertiary/aromatic N) is 6. The van der Waals surface area contributed by atoms with Crippen LogP contribution in [-0.2, 0) is 30.8 Å². The normalized spacial score (nSPS) is 17.3. The Morgan fingerprint density at radius 1 is 1.21 bits per heavy atom. The van der Waals surface area contributed by atoms with Gasteiger partial charge in [0.15, 0.2) is 0 Å². The molecule has 2 aromatic carbocycles. The Bertz CT molecular complexity index is 1470. The maximum atomic E-state index is 13.3. The molecule has 4 aromatic rings. The number of amides is 2. The van der Waals surface area contributed by atoms with Gasteiger partial charge in [0.05, 0.1) is 5.69 Å². The van der Waals surface area contributed by atoms with Gasteiger partial charge in [0.1, 0.15) is 37.3 Å². The van der Waals surface area contributed by atoms with Crippen molar-refractivity contribution in [3.8, 4) is 5.75 Å². The smallest absolute Gasteiger partial charge is 0.332 e. The highest BCUT2D eigenvalue weighted by Gasteiger charge is 2.32. The largest absolute Gasteiger partial charge is 0.489 e. The molecule has 0 saturated heterocycles. The van der Waals surface area contributed by atoms with E-state index in [2.05, 4.69) is 35.5 Å². The number of rotatable bonds is 6. The van der Waals surface area contributed by atoms with Crippen LogP contribution in [0.3, 0.4) is 0 Å². The molecule has 38 heavy (non-hydrogen) atoms. The number of anilines is 1. The fourth-order valence-corrected chi connectivity index (χ4v) is 4.78. The third-order valence-electron chi connectivity index (χ3n) is 6.82. The molecule has 6 rings (SSSR count). The molecule has 0 saturated carbocycles. The number of fused-ring (bicyclic) bond motifs is 2. The van der Waals surface area contributed by atoms with E-state index in [4.69, 9.17) is 4.74 Å². The fourth-order valence-electron chi connectivity index (χ4n) is 4.78. The third kappa shape index (κ3) is 4.85. The van der Waals surface area contributed by atoms with E-state index in [1.165, 1.54) is 4.90 Å². The zero-order valence-electron chi connectivity index (χ0n) is 20.9. The monoisotopic (exact) mass is 514 g/mol. The van der Waals surface area contributed by atoms with E-state index in [-0.39, 0.29) is 18.3 Å². The molecule has 2 aliphatic heterocycles. The van der Waals surface area contributed by atoms with Gasteiger partial charge in [-0.05, 0) is 28.2 Å². The zero-order valence-corrected chi connectivity index (χ0v) is 20.9. The van der Waals surface area contributed by atoms with E-state index in [0.29, 0.717) is 23.7 Å². The molecule has 1 unspecified atom stereocenters. The van der Waals surface area contributed by atoms with Crippen LogP contribution in [-0.4, -0.2) is 68.2 Å². The van der Waals surface area contributed by atoms with E-state index in [9.17, 15) is 9.59 Å². The van der Waals surface area contributed by atoms with Crippen LogP contribution in [0, 0.1) is 0 Å². The number of likely N-dealkylation sites (N-methyl/N-ethyl adjacent to an activating group) is 1. The van der Waals surface area contributed by atoms with E-state index in [0.717, 1.165) is 43.1 Å². The summed E-state index contributed by atoms with van der Waals surface area (Å²) in [7, 11) is 1.69. The number of ether oxygens (including phenoxy) is 1. The van der Waals surface area contributed by atoms with Crippen LogP contribution in [0.1, 0.15) is 33.4 Å². The van der Waals surface area contributed by atoms with Gasteiger partial charge >= 0.3 is 5.82 Å². The number of aromatic amines is 2. The summed E-state index contributed by atoms with van der Waals surface area (Å²) in [5.41, 5.74) is 2.77. The van der Waals surface area contributed by atoms with Gasteiger partial charge in [0.2, 0.25) is 12.2 Å². The molecule has 0 bridgehead atoms. The van der Waals surface area contributed by atoms with Crippen molar-refractivity contribution in [2.45, 2.75) is 32.1 Å². The van der Waals surface area contributed by atoms with Crippen LogP contribution in [0.5, 0.6) is 5.75 Å². The minimum atomic E-state index is -0.878. The van der Waals surface area contributed by atoms with E-state index in [1.807, 2.05) is 53.2 Å². The Morgan fingerprint density at radius 3 is 2.95 bits per heavy atom. The first kappa shape index (κ1) is 23.8. The number of aromatic nitrogens is 6. The third-order valence-corrected chi connectivity index (χ3v) is 6.82. The van der Waals surface area contributed by atoms with Crippen molar-refractivity contribution in [1.82, 2.24) is 35.5 Å². The van der Waals surface area contributed by atoms with Crippen molar-refractivity contribution in [2.75, 3.05) is 25.1 Å². The molecule has 0 aliphatic carbocycles. The summed E-state index contributed by atoms with van der Waals surface area (Å²) in [6.07, 6.45) is 2.23. The second-order valence-electron chi connectivity index (χ2n) is 9.47. The summed E-state index contributed by atoms with van der Waals surface area (Å²) in [5, 5.41) is 12.7. The van der Waals surface area contributed by atoms with Crippen LogP contribution in [0.4, 0.5) is 5.69 Å². The van der Waals surface area contributed by atoms with Crippen molar-refractivity contribution in [3.05, 3.63) is 83.5 Å². The number of hydrogen-bond acceptors (Lipinski definition) is 7. The van der Waals surface area contributed by atoms with Crippen LogP contribution in [0.15, 0.2) is 54.9 Å². The lowest BCUT2D eigenvalue weighted by molar-refractivity contribution is -0.764. The molecule has 3 N–H and O–H groups in total. The quantitative estimate of drug-likeness (QED) is 0.320. The van der Waals surface area contributed by atoms with Crippen molar-refractivity contribution in [1.29, 1.82) is 0 Å². The van der Waals surface area contributed by atoms with E-state index < -0.39 is 11.9 Å². The second kappa shape index (κ2) is 10.1. The topological polar surface area (TPSA) is 136 Å². The van der Waals surface area contributed by atoms with Gasteiger partial charge in [-0.1, -0.05) is 36.4 Å². The Morgan fingerprint density at radius 2 is 2.08 bits per heavy atom. The first-order chi connectivity index (χ1) is 18.5. The first-order valence-electron chi connectivity index (χ1n) is 12.5. The molecule has 194 valence electrons. The highest BCUT2D eigenvalue weighted by atomic mass is 16.5. The van der Waals surface area contributed by atoms with Gasteiger partial charge in [-0.2, -0.15) is 9.78 Å². The molecular weight excluding hydrogens is 486 g/mol. The number of carbonyl (C=O) groups is 2. The molecule has 0 spiro atoms.